The molecule has 0 aliphatic heterocycles. The Morgan fingerprint density at radius 3 is 1.64 bits per heavy atom. The van der Waals surface area contributed by atoms with Gasteiger partial charge in [-0.2, -0.15) is 12.1 Å². The van der Waals surface area contributed by atoms with E-state index < -0.39 is 0 Å². The van der Waals surface area contributed by atoms with Gasteiger partial charge in [-0.15, -0.1) is 87.8 Å². The van der Waals surface area contributed by atoms with E-state index in [-0.39, 0.29) is 45.1 Å². The molecule has 0 atom stereocenters. The molecule has 0 aliphatic rings. The fourth-order valence-electron chi connectivity index (χ4n) is 6.12. The number of aryl methyl sites for hydroxylation is 1. The Morgan fingerprint density at radius 2 is 1.08 bits per heavy atom. The molecule has 0 aliphatic carbocycles. The van der Waals surface area contributed by atoms with Crippen molar-refractivity contribution in [2.24, 2.45) is 0 Å². The molecule has 0 bridgehead atoms. The van der Waals surface area contributed by atoms with Crippen LogP contribution in [0.4, 0.5) is 0 Å². The van der Waals surface area contributed by atoms with Gasteiger partial charge in [0.2, 0.25) is 0 Å². The predicted octanol–water partition coefficient (Wildman–Crippen LogP) is 14.2. The third kappa shape index (κ3) is 10.5. The first kappa shape index (κ1) is 45.0. The summed E-state index contributed by atoms with van der Waals surface area (Å²) in [6.45, 7) is 16.5. The molecule has 7 aromatic rings. The van der Waals surface area contributed by atoms with Crippen LogP contribution in [0.1, 0.15) is 57.2 Å². The molecule has 7 aromatic carbocycles. The van der Waals surface area contributed by atoms with Gasteiger partial charge in [0.1, 0.15) is 0 Å². The van der Waals surface area contributed by atoms with Gasteiger partial charge in [-0.1, -0.05) is 155 Å². The van der Waals surface area contributed by atoms with Gasteiger partial charge < -0.3 is 14.9 Å². The van der Waals surface area contributed by atoms with Crippen LogP contribution < -0.4 is 0 Å². The Kier molecular flexibility index (Phi) is 18.1. The van der Waals surface area contributed by atoms with Crippen molar-refractivity contribution in [3.05, 3.63) is 171 Å². The summed E-state index contributed by atoms with van der Waals surface area (Å²) in [6, 6.07) is 50.8. The molecular weight excluding hydrogens is 743 g/mol. The quantitative estimate of drug-likeness (QED) is 0.123. The van der Waals surface area contributed by atoms with Gasteiger partial charge in [-0.25, -0.2) is 0 Å². The molecule has 0 amide bonds. The van der Waals surface area contributed by atoms with Crippen molar-refractivity contribution in [3.63, 3.8) is 0 Å². The number of hydrogen-bond donors (Lipinski definition) is 0. The van der Waals surface area contributed by atoms with E-state index in [0.29, 0.717) is 5.92 Å². The zero-order valence-electron chi connectivity index (χ0n) is 30.7. The Labute approximate surface area is 331 Å². The molecule has 0 unspecified atom stereocenters. The molecule has 260 valence electrons. The van der Waals surface area contributed by atoms with Crippen molar-refractivity contribution >= 4 is 53.2 Å². The van der Waals surface area contributed by atoms with Crippen LogP contribution in [-0.2, 0) is 28.8 Å². The fraction of sp³-hybridized carbons (Fsp3) is 0.174. The summed E-state index contributed by atoms with van der Waals surface area (Å²) < 4.78 is 0. The summed E-state index contributed by atoms with van der Waals surface area (Å²) in [6.07, 6.45) is 0. The normalized spacial score (nSPS) is 10.3. The van der Waals surface area contributed by atoms with E-state index in [9.17, 15) is 0 Å². The molecule has 0 N–H and O–H groups in total. The molecule has 7 rings (SSSR count). The third-order valence-corrected chi connectivity index (χ3v) is 8.66. The molecule has 0 nitrogen and oxygen atoms in total. The molecule has 0 heterocycles. The molecule has 4 heteroatoms. The summed E-state index contributed by atoms with van der Waals surface area (Å²) in [5.74, 6) is 0.573. The Bertz CT molecular complexity index is 2030. The summed E-state index contributed by atoms with van der Waals surface area (Å²) >= 11 is 1.36. The maximum absolute atomic E-state index is 3.06. The van der Waals surface area contributed by atoms with Crippen LogP contribution in [0.2, 0.25) is 0 Å². The second kappa shape index (κ2) is 20.1. The van der Waals surface area contributed by atoms with Gasteiger partial charge in [0, 0.05) is 0 Å². The first-order valence-corrected chi connectivity index (χ1v) is 20.2. The molecular formula is C46H50Cl2SiZr-4. The average molecular weight is 793 g/mol. The Hall–Kier alpha value is -3.00. The first-order chi connectivity index (χ1) is 22.2. The number of halogens is 2. The Balaban J connectivity index is 0.000000443. The van der Waals surface area contributed by atoms with Crippen LogP contribution in [0.5, 0.6) is 0 Å². The van der Waals surface area contributed by atoms with E-state index in [1.165, 1.54) is 95.0 Å². The molecule has 0 saturated carbocycles. The molecule has 0 aromatic heterocycles. The Morgan fingerprint density at radius 1 is 0.540 bits per heavy atom. The van der Waals surface area contributed by atoms with Gasteiger partial charge in [0.05, 0.1) is 0 Å². The second-order valence-corrected chi connectivity index (χ2v) is 13.4. The topological polar surface area (TPSA) is 0 Å². The molecule has 2 radical (unpaired) electrons. The van der Waals surface area contributed by atoms with Crippen molar-refractivity contribution in [2.45, 2.75) is 52.9 Å². The molecule has 50 heavy (non-hydrogen) atoms. The SMILES string of the molecule is CC(C)c1cc2c(-c3ccc(C(C)(C)C)cc3)cccc2[cH-]1.Cc1cc2c(-c3ccccc3)cc(-c3ccccc3)cc2[cH-]1.Cl.Cl.[CH3-].[CH3-].[Si]=[Zr]. The number of benzene rings is 5. The average Bonchev–Trinajstić information content (AvgIpc) is 3.69. The van der Waals surface area contributed by atoms with E-state index in [4.69, 9.17) is 0 Å². The minimum absolute atomic E-state index is 0. The zero-order chi connectivity index (χ0) is 32.8. The molecule has 0 saturated heterocycles. The summed E-state index contributed by atoms with van der Waals surface area (Å²) in [5, 5.41) is 5.37. The zero-order valence-corrected chi connectivity index (χ0v) is 35.8. The van der Waals surface area contributed by atoms with E-state index in [1.54, 1.807) is 0 Å². The van der Waals surface area contributed by atoms with Crippen LogP contribution >= 0.6 is 24.8 Å². The first-order valence-electron chi connectivity index (χ1n) is 16.0. The van der Waals surface area contributed by atoms with E-state index in [0.717, 1.165) is 0 Å². The van der Waals surface area contributed by atoms with Gasteiger partial charge in [0.25, 0.3) is 0 Å². The van der Waals surface area contributed by atoms with E-state index in [1.807, 2.05) is 0 Å². The van der Waals surface area contributed by atoms with E-state index >= 15 is 0 Å². The second-order valence-electron chi connectivity index (χ2n) is 13.4. The van der Waals surface area contributed by atoms with Crippen molar-refractivity contribution in [1.29, 1.82) is 0 Å². The monoisotopic (exact) mass is 790 g/mol. The molecule has 0 spiro atoms. The number of rotatable bonds is 4. The summed E-state index contributed by atoms with van der Waals surface area (Å²) in [5.41, 5.74) is 12.1. The fourth-order valence-corrected chi connectivity index (χ4v) is 6.12. The van der Waals surface area contributed by atoms with Crippen molar-refractivity contribution < 1.29 is 23.3 Å². The van der Waals surface area contributed by atoms with Crippen molar-refractivity contribution in [3.8, 4) is 33.4 Å². The van der Waals surface area contributed by atoms with Gasteiger partial charge in [-0.3, -0.25) is 0 Å². The van der Waals surface area contributed by atoms with Crippen LogP contribution in [0.3, 0.4) is 0 Å². The maximum atomic E-state index is 3.06. The van der Waals surface area contributed by atoms with Crippen LogP contribution in [0.15, 0.2) is 140 Å². The van der Waals surface area contributed by atoms with Gasteiger partial charge in [0.15, 0.2) is 0 Å². The predicted molar refractivity (Wildman–Crippen MR) is 226 cm³/mol. The minimum atomic E-state index is 0. The van der Waals surface area contributed by atoms with Crippen molar-refractivity contribution in [2.75, 3.05) is 0 Å². The van der Waals surface area contributed by atoms with Crippen molar-refractivity contribution in [1.82, 2.24) is 0 Å². The molecule has 0 fully saturated rings. The number of hydrogen-bond acceptors (Lipinski definition) is 0. The van der Waals surface area contributed by atoms with Gasteiger partial charge in [-0.05, 0) is 33.6 Å². The number of fused-ring (bicyclic) bond motifs is 2. The third-order valence-electron chi connectivity index (χ3n) is 8.66. The van der Waals surface area contributed by atoms with Crippen LogP contribution in [0, 0.1) is 21.8 Å². The van der Waals surface area contributed by atoms with Gasteiger partial charge >= 0.3 is 30.2 Å². The van der Waals surface area contributed by atoms with Crippen LogP contribution in [-0.4, -0.2) is 6.88 Å². The summed E-state index contributed by atoms with van der Waals surface area (Å²) in [7, 11) is 0. The van der Waals surface area contributed by atoms with E-state index in [2.05, 4.69) is 188 Å². The van der Waals surface area contributed by atoms with Crippen LogP contribution in [0.25, 0.3) is 54.9 Å². The standard InChI is InChI=1S/C22H17.C22H25.2CH3.2ClH.Si.Zr/c1-16-12-20-14-19(17-8-4-2-5-9-17)15-22(21(20)13-16)18-10-6-3-7-11-18;1-15(2)18-13-17-7-6-8-20(21(17)14-18)16-9-11-19(12-10-16)22(3,4)5;;;;;;/h2-15H,1H3;6-15H,1-5H3;2*1H3;2*1H;;/q4*-1;;;;. The summed E-state index contributed by atoms with van der Waals surface area (Å²) in [4.78, 5) is 0.